The smallest absolute Gasteiger partial charge is 0.416 e. The molecule has 6 nitrogen and oxygen atoms in total. The highest BCUT2D eigenvalue weighted by Crippen LogP contribution is 2.30. The average Bonchev–Trinajstić information content (AvgIpc) is 3.18. The molecular weight excluding hydrogens is 375 g/mol. The molecule has 1 aromatic heterocycles. The van der Waals surface area contributed by atoms with Crippen molar-refractivity contribution in [2.75, 3.05) is 26.2 Å². The lowest BCUT2D eigenvalue weighted by Gasteiger charge is -2.19. The number of halogens is 3. The van der Waals surface area contributed by atoms with Crippen LogP contribution in [0.1, 0.15) is 25.2 Å². The minimum atomic E-state index is -4.37. The number of guanidine groups is 1. The van der Waals surface area contributed by atoms with Crippen LogP contribution >= 0.6 is 0 Å². The summed E-state index contributed by atoms with van der Waals surface area (Å²) in [7, 11) is 0. The van der Waals surface area contributed by atoms with Crippen LogP contribution in [0.3, 0.4) is 0 Å². The molecule has 1 heterocycles. The Morgan fingerprint density at radius 1 is 1.18 bits per heavy atom. The summed E-state index contributed by atoms with van der Waals surface area (Å²) in [6.45, 7) is 4.80. The normalized spacial score (nSPS) is 14.4. The molecule has 0 aliphatic heterocycles. The van der Waals surface area contributed by atoms with Gasteiger partial charge in [-0.1, -0.05) is 0 Å². The number of furan rings is 1. The summed E-state index contributed by atoms with van der Waals surface area (Å²) in [5, 5.41) is 16.5. The van der Waals surface area contributed by atoms with E-state index < -0.39 is 17.3 Å². The van der Waals surface area contributed by atoms with Crippen LogP contribution in [-0.2, 0) is 11.8 Å². The topological polar surface area (TPSA) is 79.0 Å². The van der Waals surface area contributed by atoms with Crippen LogP contribution in [0.15, 0.2) is 52.1 Å². The molecule has 1 unspecified atom stereocenters. The highest BCUT2D eigenvalue weighted by Gasteiger charge is 2.30. The van der Waals surface area contributed by atoms with Crippen LogP contribution < -0.4 is 15.4 Å². The lowest BCUT2D eigenvalue weighted by Crippen LogP contribution is -2.40. The van der Waals surface area contributed by atoms with E-state index in [2.05, 4.69) is 15.6 Å². The Morgan fingerprint density at radius 3 is 2.46 bits per heavy atom. The van der Waals surface area contributed by atoms with E-state index in [0.29, 0.717) is 30.6 Å². The summed E-state index contributed by atoms with van der Waals surface area (Å²) < 4.78 is 48.3. The molecule has 0 radical (unpaired) electrons. The predicted molar refractivity (Wildman–Crippen MR) is 99.2 cm³/mol. The van der Waals surface area contributed by atoms with Gasteiger partial charge in [0.2, 0.25) is 0 Å². The number of aliphatic imine (C=N–C) groups is 1. The van der Waals surface area contributed by atoms with Crippen molar-refractivity contribution in [3.8, 4) is 5.75 Å². The highest BCUT2D eigenvalue weighted by molar-refractivity contribution is 5.79. The van der Waals surface area contributed by atoms with E-state index in [1.165, 1.54) is 18.4 Å². The molecule has 0 saturated heterocycles. The molecular formula is C19H24F3N3O3. The van der Waals surface area contributed by atoms with Gasteiger partial charge in [-0.05, 0) is 50.2 Å². The van der Waals surface area contributed by atoms with E-state index in [-0.39, 0.29) is 13.2 Å². The number of benzene rings is 1. The van der Waals surface area contributed by atoms with E-state index in [4.69, 9.17) is 9.15 Å². The van der Waals surface area contributed by atoms with Gasteiger partial charge >= 0.3 is 6.18 Å². The molecule has 1 aromatic carbocycles. The lowest BCUT2D eigenvalue weighted by atomic mass is 10.0. The van der Waals surface area contributed by atoms with Crippen molar-refractivity contribution in [2.45, 2.75) is 25.6 Å². The predicted octanol–water partition coefficient (Wildman–Crippen LogP) is 3.14. The number of aliphatic hydroxyl groups is 1. The number of hydrogen-bond donors (Lipinski definition) is 3. The number of alkyl halides is 3. The molecule has 0 aliphatic rings. The first kappa shape index (κ1) is 21.6. The van der Waals surface area contributed by atoms with Crippen molar-refractivity contribution in [3.63, 3.8) is 0 Å². The van der Waals surface area contributed by atoms with Crippen molar-refractivity contribution >= 4 is 5.96 Å². The SMILES string of the molecule is CCNC(=NCC(C)(O)c1ccco1)NCCOc1ccc(C(F)(F)F)cc1. The van der Waals surface area contributed by atoms with E-state index in [1.54, 1.807) is 19.1 Å². The van der Waals surface area contributed by atoms with E-state index in [9.17, 15) is 18.3 Å². The fourth-order valence-corrected chi connectivity index (χ4v) is 2.32. The number of nitrogens with one attached hydrogen (secondary N) is 2. The summed E-state index contributed by atoms with van der Waals surface area (Å²) in [6, 6.07) is 7.88. The zero-order valence-corrected chi connectivity index (χ0v) is 15.7. The average molecular weight is 399 g/mol. The molecule has 0 saturated carbocycles. The van der Waals surface area contributed by atoms with Crippen LogP contribution in [0.25, 0.3) is 0 Å². The van der Waals surface area contributed by atoms with Gasteiger partial charge in [0, 0.05) is 6.54 Å². The Balaban J connectivity index is 1.83. The third-order valence-electron chi connectivity index (χ3n) is 3.79. The van der Waals surface area contributed by atoms with Crippen LogP contribution in [0, 0.1) is 0 Å². The van der Waals surface area contributed by atoms with E-state index in [1.807, 2.05) is 6.92 Å². The van der Waals surface area contributed by atoms with Gasteiger partial charge in [0.05, 0.1) is 24.9 Å². The van der Waals surface area contributed by atoms with Crippen LogP contribution in [0.4, 0.5) is 13.2 Å². The van der Waals surface area contributed by atoms with Crippen molar-refractivity contribution in [2.24, 2.45) is 4.99 Å². The molecule has 9 heteroatoms. The molecule has 0 amide bonds. The number of ether oxygens (including phenoxy) is 1. The molecule has 0 bridgehead atoms. The molecule has 0 spiro atoms. The van der Waals surface area contributed by atoms with E-state index in [0.717, 1.165) is 12.1 Å². The van der Waals surface area contributed by atoms with Crippen molar-refractivity contribution in [3.05, 3.63) is 54.0 Å². The number of nitrogens with zero attached hydrogens (tertiary/aromatic N) is 1. The molecule has 2 aromatic rings. The maximum absolute atomic E-state index is 12.5. The Hall–Kier alpha value is -2.68. The first-order valence-corrected chi connectivity index (χ1v) is 8.81. The van der Waals surface area contributed by atoms with Gasteiger partial charge in [0.1, 0.15) is 23.7 Å². The minimum Gasteiger partial charge on any atom is -0.492 e. The zero-order chi connectivity index (χ0) is 20.6. The summed E-state index contributed by atoms with van der Waals surface area (Å²) in [4.78, 5) is 4.33. The molecule has 0 aliphatic carbocycles. The number of hydrogen-bond acceptors (Lipinski definition) is 4. The van der Waals surface area contributed by atoms with Gasteiger partial charge in [-0.2, -0.15) is 13.2 Å². The van der Waals surface area contributed by atoms with Crippen LogP contribution in [0.2, 0.25) is 0 Å². The Labute approximate surface area is 161 Å². The summed E-state index contributed by atoms with van der Waals surface area (Å²) in [6.07, 6.45) is -2.89. The molecule has 3 N–H and O–H groups in total. The fourth-order valence-electron chi connectivity index (χ4n) is 2.32. The lowest BCUT2D eigenvalue weighted by molar-refractivity contribution is -0.137. The van der Waals surface area contributed by atoms with Gasteiger partial charge in [0.15, 0.2) is 5.96 Å². The van der Waals surface area contributed by atoms with Crippen molar-refractivity contribution in [1.82, 2.24) is 10.6 Å². The zero-order valence-electron chi connectivity index (χ0n) is 15.7. The third kappa shape index (κ3) is 6.49. The first-order valence-electron chi connectivity index (χ1n) is 8.81. The first-order chi connectivity index (χ1) is 13.2. The molecule has 154 valence electrons. The Morgan fingerprint density at radius 2 is 1.89 bits per heavy atom. The second kappa shape index (κ2) is 9.50. The Kier molecular flexibility index (Phi) is 7.33. The second-order valence-corrected chi connectivity index (χ2v) is 6.24. The summed E-state index contributed by atoms with van der Waals surface area (Å²) >= 11 is 0. The molecule has 2 rings (SSSR count). The van der Waals surface area contributed by atoms with Gasteiger partial charge in [-0.25, -0.2) is 4.99 Å². The summed E-state index contributed by atoms with van der Waals surface area (Å²) in [5.74, 6) is 1.24. The van der Waals surface area contributed by atoms with Crippen molar-refractivity contribution in [1.29, 1.82) is 0 Å². The largest absolute Gasteiger partial charge is 0.492 e. The van der Waals surface area contributed by atoms with E-state index >= 15 is 0 Å². The van der Waals surface area contributed by atoms with Crippen molar-refractivity contribution < 1.29 is 27.4 Å². The maximum atomic E-state index is 12.5. The minimum absolute atomic E-state index is 0.0790. The molecule has 28 heavy (non-hydrogen) atoms. The number of rotatable bonds is 8. The Bertz CT molecular complexity index is 742. The third-order valence-corrected chi connectivity index (χ3v) is 3.79. The molecule has 0 fully saturated rings. The van der Waals surface area contributed by atoms with Gasteiger partial charge in [-0.15, -0.1) is 0 Å². The van der Waals surface area contributed by atoms with Crippen LogP contribution in [0.5, 0.6) is 5.75 Å². The fraction of sp³-hybridized carbons (Fsp3) is 0.421. The molecule has 1 atom stereocenters. The van der Waals surface area contributed by atoms with Gasteiger partial charge < -0.3 is 24.9 Å². The summed E-state index contributed by atoms with van der Waals surface area (Å²) in [5.41, 5.74) is -1.97. The standard InChI is InChI=1S/C19H24F3N3O3/c1-3-23-17(25-13-18(2,26)16-5-4-11-28-16)24-10-12-27-15-8-6-14(7-9-15)19(20,21)22/h4-9,11,26H,3,10,12-13H2,1-2H3,(H2,23,24,25). The van der Waals surface area contributed by atoms with Gasteiger partial charge in [0.25, 0.3) is 0 Å². The quantitative estimate of drug-likeness (QED) is 0.361. The highest BCUT2D eigenvalue weighted by atomic mass is 19.4. The maximum Gasteiger partial charge on any atom is 0.416 e. The van der Waals surface area contributed by atoms with Gasteiger partial charge in [-0.3, -0.25) is 0 Å². The monoisotopic (exact) mass is 399 g/mol. The van der Waals surface area contributed by atoms with Crippen LogP contribution in [-0.4, -0.2) is 37.3 Å². The second-order valence-electron chi connectivity index (χ2n) is 6.24.